The monoisotopic (exact) mass is 390 g/mol. The van der Waals surface area contributed by atoms with E-state index in [1.54, 1.807) is 47.7 Å². The lowest BCUT2D eigenvalue weighted by molar-refractivity contribution is -0.114. The van der Waals surface area contributed by atoms with Crippen LogP contribution in [0, 0.1) is 0 Å². The number of amides is 2. The minimum absolute atomic E-state index is 0.217. The summed E-state index contributed by atoms with van der Waals surface area (Å²) in [5, 5.41) is 7.53. The summed E-state index contributed by atoms with van der Waals surface area (Å²) in [7, 11) is 0. The first-order chi connectivity index (χ1) is 13.5. The van der Waals surface area contributed by atoms with Crippen molar-refractivity contribution in [1.82, 2.24) is 0 Å². The number of hydrogen-bond acceptors (Lipinski definition) is 4. The molecule has 2 aromatic carbocycles. The molecule has 1 heterocycles. The van der Waals surface area contributed by atoms with Gasteiger partial charge in [-0.15, -0.1) is 11.3 Å². The fourth-order valence-corrected chi connectivity index (χ4v) is 3.30. The molecule has 6 heteroatoms. The summed E-state index contributed by atoms with van der Waals surface area (Å²) in [6.07, 6.45) is 3.83. The van der Waals surface area contributed by atoms with Gasteiger partial charge in [0.25, 0.3) is 0 Å². The summed E-state index contributed by atoms with van der Waals surface area (Å²) in [5.74, 6) is -0.542. The number of carbonyl (C=O) groups is 3. The Kier molecular flexibility index (Phi) is 6.14. The fourth-order valence-electron chi connectivity index (χ4n) is 2.57. The number of carbonyl (C=O) groups excluding carboxylic acids is 3. The van der Waals surface area contributed by atoms with Gasteiger partial charge in [0.2, 0.25) is 11.8 Å². The second-order valence-corrected chi connectivity index (χ2v) is 6.97. The first kappa shape index (κ1) is 19.3. The molecule has 3 rings (SSSR count). The van der Waals surface area contributed by atoms with Gasteiger partial charge in [-0.2, -0.15) is 0 Å². The number of benzene rings is 2. The Bertz CT molecular complexity index is 1020. The maximum absolute atomic E-state index is 12.4. The first-order valence-electron chi connectivity index (χ1n) is 8.55. The Labute approximate surface area is 166 Å². The van der Waals surface area contributed by atoms with Gasteiger partial charge < -0.3 is 10.6 Å². The van der Waals surface area contributed by atoms with E-state index in [2.05, 4.69) is 10.6 Å². The molecule has 0 aliphatic rings. The highest BCUT2D eigenvalue weighted by Crippen LogP contribution is 2.31. The maximum Gasteiger partial charge on any atom is 0.248 e. The SMILES string of the molecule is CC(=O)Nc1ccc(-c2cccs2)cc1NC(=O)/C=C/c1ccc(C=O)cc1. The standard InChI is InChI=1S/C22H18N2O3S/c1-15(26)23-19-10-9-18(21-3-2-12-28-21)13-20(19)24-22(27)11-8-16-4-6-17(14-25)7-5-16/h2-14H,1H3,(H,23,26)(H,24,27)/b11-8+. The van der Waals surface area contributed by atoms with Crippen LogP contribution in [0.25, 0.3) is 16.5 Å². The molecular weight excluding hydrogens is 372 g/mol. The smallest absolute Gasteiger partial charge is 0.248 e. The van der Waals surface area contributed by atoms with Gasteiger partial charge in [-0.3, -0.25) is 14.4 Å². The number of anilines is 2. The molecule has 140 valence electrons. The summed E-state index contributed by atoms with van der Waals surface area (Å²) in [6, 6.07) is 16.3. The highest BCUT2D eigenvalue weighted by molar-refractivity contribution is 7.13. The normalized spacial score (nSPS) is 10.6. The average Bonchev–Trinajstić information content (AvgIpc) is 3.22. The molecule has 0 unspecified atom stereocenters. The van der Waals surface area contributed by atoms with Crippen LogP contribution in [0.5, 0.6) is 0 Å². The van der Waals surface area contributed by atoms with Crippen molar-refractivity contribution in [3.05, 3.63) is 77.2 Å². The van der Waals surface area contributed by atoms with Crippen LogP contribution in [0.2, 0.25) is 0 Å². The van der Waals surface area contributed by atoms with Crippen molar-refractivity contribution in [2.75, 3.05) is 10.6 Å². The first-order valence-corrected chi connectivity index (χ1v) is 9.43. The average molecular weight is 390 g/mol. The van der Waals surface area contributed by atoms with Crippen LogP contribution in [0.3, 0.4) is 0 Å². The van der Waals surface area contributed by atoms with Crippen LogP contribution in [0.4, 0.5) is 11.4 Å². The van der Waals surface area contributed by atoms with E-state index in [1.807, 2.05) is 29.6 Å². The van der Waals surface area contributed by atoms with Gasteiger partial charge in [0.1, 0.15) is 6.29 Å². The number of aldehydes is 1. The molecule has 0 aliphatic carbocycles. The molecule has 1 aromatic heterocycles. The zero-order valence-corrected chi connectivity index (χ0v) is 16.0. The minimum Gasteiger partial charge on any atom is -0.325 e. The van der Waals surface area contributed by atoms with Gasteiger partial charge in [-0.1, -0.05) is 36.4 Å². The van der Waals surface area contributed by atoms with E-state index in [1.165, 1.54) is 13.0 Å². The molecule has 0 aliphatic heterocycles. The van der Waals surface area contributed by atoms with Gasteiger partial charge in [-0.25, -0.2) is 0 Å². The van der Waals surface area contributed by atoms with E-state index in [4.69, 9.17) is 0 Å². The molecule has 5 nitrogen and oxygen atoms in total. The van der Waals surface area contributed by atoms with Crippen molar-refractivity contribution in [2.24, 2.45) is 0 Å². The third kappa shape index (κ3) is 5.02. The lowest BCUT2D eigenvalue weighted by Crippen LogP contribution is -2.13. The molecule has 3 aromatic rings. The van der Waals surface area contributed by atoms with E-state index in [0.29, 0.717) is 16.9 Å². The predicted molar refractivity (Wildman–Crippen MR) is 114 cm³/mol. The van der Waals surface area contributed by atoms with Crippen LogP contribution in [-0.2, 0) is 9.59 Å². The molecule has 0 fully saturated rings. The summed E-state index contributed by atoms with van der Waals surface area (Å²) < 4.78 is 0. The number of nitrogens with one attached hydrogen (secondary N) is 2. The zero-order valence-electron chi connectivity index (χ0n) is 15.1. The van der Waals surface area contributed by atoms with E-state index in [-0.39, 0.29) is 11.8 Å². The summed E-state index contributed by atoms with van der Waals surface area (Å²) >= 11 is 1.60. The van der Waals surface area contributed by atoms with Crippen LogP contribution < -0.4 is 10.6 Å². The Morgan fingerprint density at radius 1 is 0.929 bits per heavy atom. The molecule has 0 atom stereocenters. The van der Waals surface area contributed by atoms with E-state index in [9.17, 15) is 14.4 Å². The van der Waals surface area contributed by atoms with Crippen molar-refractivity contribution in [2.45, 2.75) is 6.92 Å². The second-order valence-electron chi connectivity index (χ2n) is 6.03. The Balaban J connectivity index is 1.80. The van der Waals surface area contributed by atoms with Crippen LogP contribution in [0.15, 0.2) is 66.1 Å². The molecule has 0 saturated heterocycles. The van der Waals surface area contributed by atoms with Crippen LogP contribution >= 0.6 is 11.3 Å². The van der Waals surface area contributed by atoms with Crippen LogP contribution in [-0.4, -0.2) is 18.1 Å². The number of hydrogen-bond donors (Lipinski definition) is 2. The Hall–Kier alpha value is -3.51. The van der Waals surface area contributed by atoms with E-state index in [0.717, 1.165) is 22.3 Å². The lowest BCUT2D eigenvalue weighted by atomic mass is 10.1. The fraction of sp³-hybridized carbons (Fsp3) is 0.0455. The van der Waals surface area contributed by atoms with Gasteiger partial charge in [0, 0.05) is 23.4 Å². The van der Waals surface area contributed by atoms with Crippen molar-refractivity contribution in [1.29, 1.82) is 0 Å². The van der Waals surface area contributed by atoms with Crippen LogP contribution in [0.1, 0.15) is 22.8 Å². The van der Waals surface area contributed by atoms with E-state index >= 15 is 0 Å². The van der Waals surface area contributed by atoms with Crippen molar-refractivity contribution in [3.8, 4) is 10.4 Å². The van der Waals surface area contributed by atoms with E-state index < -0.39 is 0 Å². The molecule has 0 radical (unpaired) electrons. The zero-order chi connectivity index (χ0) is 19.9. The molecule has 0 spiro atoms. The Morgan fingerprint density at radius 2 is 1.68 bits per heavy atom. The maximum atomic E-state index is 12.4. The van der Waals surface area contributed by atoms with Gasteiger partial charge in [0.05, 0.1) is 11.4 Å². The minimum atomic E-state index is -0.325. The largest absolute Gasteiger partial charge is 0.325 e. The van der Waals surface area contributed by atoms with Crippen molar-refractivity contribution >= 4 is 46.9 Å². The second kappa shape index (κ2) is 8.92. The third-order valence-electron chi connectivity index (χ3n) is 3.89. The molecule has 0 bridgehead atoms. The topological polar surface area (TPSA) is 75.3 Å². The highest BCUT2D eigenvalue weighted by atomic mass is 32.1. The molecule has 0 saturated carbocycles. The Morgan fingerprint density at radius 3 is 2.32 bits per heavy atom. The van der Waals surface area contributed by atoms with Gasteiger partial charge in [-0.05, 0) is 40.8 Å². The number of rotatable bonds is 6. The molecule has 28 heavy (non-hydrogen) atoms. The number of thiophene rings is 1. The quantitative estimate of drug-likeness (QED) is 0.467. The third-order valence-corrected chi connectivity index (χ3v) is 4.81. The van der Waals surface area contributed by atoms with Crippen molar-refractivity contribution in [3.63, 3.8) is 0 Å². The molecule has 2 N–H and O–H groups in total. The highest BCUT2D eigenvalue weighted by Gasteiger charge is 2.09. The molecule has 2 amide bonds. The summed E-state index contributed by atoms with van der Waals surface area (Å²) in [4.78, 5) is 35.6. The lowest BCUT2D eigenvalue weighted by Gasteiger charge is -2.12. The summed E-state index contributed by atoms with van der Waals surface area (Å²) in [5.41, 5.74) is 3.38. The molecular formula is C22H18N2O3S. The van der Waals surface area contributed by atoms with Crippen molar-refractivity contribution < 1.29 is 14.4 Å². The predicted octanol–water partition coefficient (Wildman–Crippen LogP) is 4.84. The van der Waals surface area contributed by atoms with Gasteiger partial charge >= 0.3 is 0 Å². The van der Waals surface area contributed by atoms with Gasteiger partial charge in [0.15, 0.2) is 0 Å². The summed E-state index contributed by atoms with van der Waals surface area (Å²) in [6.45, 7) is 1.42.